The van der Waals surface area contributed by atoms with Gasteiger partial charge in [-0.25, -0.2) is 0 Å². The molecule has 0 saturated heterocycles. The number of methoxy groups -OCH3 is 1. The van der Waals surface area contributed by atoms with Crippen LogP contribution in [0.15, 0.2) is 18.2 Å². The molecular formula is C12H18N2O3. The zero-order chi connectivity index (χ0) is 12.3. The van der Waals surface area contributed by atoms with Crippen molar-refractivity contribution in [2.75, 3.05) is 31.3 Å². The second-order valence-electron chi connectivity index (χ2n) is 4.01. The minimum atomic E-state index is -0.239. The van der Waals surface area contributed by atoms with Crippen LogP contribution in [0.2, 0.25) is 0 Å². The van der Waals surface area contributed by atoms with Gasteiger partial charge in [0.2, 0.25) is 0 Å². The van der Waals surface area contributed by atoms with Crippen molar-refractivity contribution in [1.82, 2.24) is 0 Å². The number of nitrogens with two attached hydrogens (primary N) is 1. The van der Waals surface area contributed by atoms with Crippen molar-refractivity contribution in [3.63, 3.8) is 0 Å². The molecule has 5 heteroatoms. The van der Waals surface area contributed by atoms with Crippen molar-refractivity contribution in [1.29, 1.82) is 0 Å². The van der Waals surface area contributed by atoms with Gasteiger partial charge in [-0.15, -0.1) is 0 Å². The predicted molar refractivity (Wildman–Crippen MR) is 66.2 cm³/mol. The summed E-state index contributed by atoms with van der Waals surface area (Å²) in [6.07, 6.45) is -0.282. The fourth-order valence-corrected chi connectivity index (χ4v) is 1.69. The summed E-state index contributed by atoms with van der Waals surface area (Å²) in [5, 5.41) is 3.26. The Labute approximate surface area is 101 Å². The van der Waals surface area contributed by atoms with Crippen LogP contribution in [0.4, 0.5) is 11.4 Å². The second-order valence-corrected chi connectivity index (χ2v) is 4.01. The van der Waals surface area contributed by atoms with Crippen LogP contribution in [-0.2, 0) is 9.47 Å². The second kappa shape index (κ2) is 5.25. The molecule has 1 unspecified atom stereocenters. The Hall–Kier alpha value is -1.46. The molecule has 2 rings (SSSR count). The third kappa shape index (κ3) is 3.01. The molecule has 5 nitrogen and oxygen atoms in total. The van der Waals surface area contributed by atoms with Crippen molar-refractivity contribution < 1.29 is 14.2 Å². The van der Waals surface area contributed by atoms with Crippen LogP contribution in [0, 0.1) is 0 Å². The highest BCUT2D eigenvalue weighted by atomic mass is 16.7. The molecule has 0 fully saturated rings. The van der Waals surface area contributed by atoms with Crippen molar-refractivity contribution >= 4 is 11.4 Å². The fraction of sp³-hybridized carbons (Fsp3) is 0.500. The molecule has 1 aromatic carbocycles. The van der Waals surface area contributed by atoms with E-state index in [0.29, 0.717) is 18.8 Å². The highest BCUT2D eigenvalue weighted by molar-refractivity contribution is 5.63. The molecular weight excluding hydrogens is 220 g/mol. The van der Waals surface area contributed by atoms with Crippen LogP contribution in [0.25, 0.3) is 0 Å². The van der Waals surface area contributed by atoms with E-state index >= 15 is 0 Å². The molecule has 0 amide bonds. The summed E-state index contributed by atoms with van der Waals surface area (Å²) in [5.74, 6) is 0.801. The average Bonchev–Trinajstić information content (AvgIpc) is 2.52. The van der Waals surface area contributed by atoms with Gasteiger partial charge in [-0.2, -0.15) is 0 Å². The lowest BCUT2D eigenvalue weighted by molar-refractivity contribution is -0.146. The van der Waals surface area contributed by atoms with Gasteiger partial charge in [-0.3, -0.25) is 0 Å². The lowest BCUT2D eigenvalue weighted by atomic mass is 10.2. The van der Waals surface area contributed by atoms with Crippen molar-refractivity contribution in [2.24, 2.45) is 0 Å². The summed E-state index contributed by atoms with van der Waals surface area (Å²) in [6.45, 7) is 3.03. The number of nitrogens with one attached hydrogen (secondary N) is 1. The molecule has 1 aliphatic rings. The molecule has 3 N–H and O–H groups in total. The van der Waals surface area contributed by atoms with E-state index in [1.807, 2.05) is 25.1 Å². The Morgan fingerprint density at radius 3 is 3.12 bits per heavy atom. The van der Waals surface area contributed by atoms with E-state index in [1.54, 1.807) is 7.11 Å². The van der Waals surface area contributed by atoms with Crippen LogP contribution in [0.3, 0.4) is 0 Å². The number of anilines is 2. The zero-order valence-corrected chi connectivity index (χ0v) is 10.1. The number of benzene rings is 1. The molecule has 1 heterocycles. The summed E-state index contributed by atoms with van der Waals surface area (Å²) in [6, 6.07) is 5.54. The number of fused-ring (bicyclic) bond motifs is 1. The summed E-state index contributed by atoms with van der Waals surface area (Å²) in [7, 11) is 1.62. The van der Waals surface area contributed by atoms with Gasteiger partial charge in [0.25, 0.3) is 0 Å². The van der Waals surface area contributed by atoms with Crippen LogP contribution >= 0.6 is 0 Å². The molecule has 0 radical (unpaired) electrons. The van der Waals surface area contributed by atoms with Crippen molar-refractivity contribution in [2.45, 2.75) is 19.3 Å². The summed E-state index contributed by atoms with van der Waals surface area (Å²) >= 11 is 0. The Balaban J connectivity index is 2.01. The largest absolute Gasteiger partial charge is 0.489 e. The van der Waals surface area contributed by atoms with Crippen LogP contribution in [-0.4, -0.2) is 32.7 Å². The number of ether oxygens (including phenoxy) is 3. The van der Waals surface area contributed by atoms with E-state index in [2.05, 4.69) is 5.32 Å². The average molecular weight is 238 g/mol. The highest BCUT2D eigenvalue weighted by Crippen LogP contribution is 2.29. The number of hydrogen-bond donors (Lipinski definition) is 2. The normalized spacial score (nSPS) is 20.7. The number of hydrogen-bond acceptors (Lipinski definition) is 5. The molecule has 1 aromatic rings. The smallest absolute Gasteiger partial charge is 0.155 e. The van der Waals surface area contributed by atoms with Gasteiger partial charge in [0.05, 0.1) is 5.69 Å². The highest BCUT2D eigenvalue weighted by Gasteiger charge is 2.19. The first-order valence-electron chi connectivity index (χ1n) is 5.63. The van der Waals surface area contributed by atoms with Crippen molar-refractivity contribution in [3.05, 3.63) is 18.2 Å². The first-order valence-corrected chi connectivity index (χ1v) is 5.63. The minimum Gasteiger partial charge on any atom is -0.489 e. The molecule has 0 aromatic heterocycles. The first kappa shape index (κ1) is 12.0. The molecule has 17 heavy (non-hydrogen) atoms. The summed E-state index contributed by atoms with van der Waals surface area (Å²) < 4.78 is 16.4. The van der Waals surface area contributed by atoms with E-state index in [1.165, 1.54) is 0 Å². The minimum absolute atomic E-state index is 0.0430. The van der Waals surface area contributed by atoms with Gasteiger partial charge in [0.15, 0.2) is 6.29 Å². The quantitative estimate of drug-likeness (QED) is 0.616. The van der Waals surface area contributed by atoms with Gasteiger partial charge in [0.1, 0.15) is 18.5 Å². The third-order valence-electron chi connectivity index (χ3n) is 2.66. The van der Waals surface area contributed by atoms with E-state index in [4.69, 9.17) is 19.9 Å². The third-order valence-corrected chi connectivity index (χ3v) is 2.66. The topological polar surface area (TPSA) is 65.7 Å². The summed E-state index contributed by atoms with van der Waals surface area (Å²) in [5.41, 5.74) is 7.34. The van der Waals surface area contributed by atoms with Gasteiger partial charge >= 0.3 is 0 Å². The molecule has 1 aliphatic heterocycles. The molecule has 2 atom stereocenters. The van der Waals surface area contributed by atoms with Crippen molar-refractivity contribution in [3.8, 4) is 5.75 Å². The Kier molecular flexibility index (Phi) is 3.71. The lowest BCUT2D eigenvalue weighted by Crippen LogP contribution is -2.31. The Morgan fingerprint density at radius 2 is 2.35 bits per heavy atom. The van der Waals surface area contributed by atoms with Crippen LogP contribution < -0.4 is 15.8 Å². The number of nitrogen functional groups attached to an aromatic ring is 1. The van der Waals surface area contributed by atoms with E-state index in [0.717, 1.165) is 11.4 Å². The molecule has 94 valence electrons. The van der Waals surface area contributed by atoms with E-state index in [9.17, 15) is 0 Å². The van der Waals surface area contributed by atoms with Gasteiger partial charge < -0.3 is 25.3 Å². The van der Waals surface area contributed by atoms with Crippen LogP contribution in [0.1, 0.15) is 6.92 Å². The molecule has 0 aliphatic carbocycles. The molecule has 0 bridgehead atoms. The van der Waals surface area contributed by atoms with Gasteiger partial charge in [-0.1, -0.05) is 0 Å². The molecule has 0 spiro atoms. The SMILES string of the molecule is COC(C)O[C@@H]1CNc2cc(N)ccc2OC1. The maximum absolute atomic E-state index is 5.72. The van der Waals surface area contributed by atoms with E-state index in [-0.39, 0.29) is 12.4 Å². The van der Waals surface area contributed by atoms with E-state index < -0.39 is 0 Å². The maximum Gasteiger partial charge on any atom is 0.155 e. The van der Waals surface area contributed by atoms with Gasteiger partial charge in [-0.05, 0) is 25.1 Å². The Morgan fingerprint density at radius 1 is 1.53 bits per heavy atom. The number of rotatable bonds is 3. The maximum atomic E-state index is 5.72. The fourth-order valence-electron chi connectivity index (χ4n) is 1.69. The Bertz CT molecular complexity index is 384. The first-order chi connectivity index (χ1) is 8.19. The molecule has 0 saturated carbocycles. The van der Waals surface area contributed by atoms with Crippen LogP contribution in [0.5, 0.6) is 5.75 Å². The van der Waals surface area contributed by atoms with Gasteiger partial charge in [0, 0.05) is 19.3 Å². The summed E-state index contributed by atoms with van der Waals surface area (Å²) in [4.78, 5) is 0. The standard InChI is InChI=1S/C12H18N2O3/c1-8(15-2)17-10-6-14-11-5-9(13)3-4-12(11)16-7-10/h3-5,8,10,14H,6-7,13H2,1-2H3/t8?,10-/m1/s1. The lowest BCUT2D eigenvalue weighted by Gasteiger charge is -2.19. The zero-order valence-electron chi connectivity index (χ0n) is 10.1. The predicted octanol–water partition coefficient (Wildman–Crippen LogP) is 1.45. The monoisotopic (exact) mass is 238 g/mol.